The molecule has 0 radical (unpaired) electrons. The van der Waals surface area contributed by atoms with Gasteiger partial charge in [-0.25, -0.2) is 8.78 Å². The molecule has 1 saturated carbocycles. The Hall–Kier alpha value is -0.960. The molecule has 0 saturated heterocycles. The van der Waals surface area contributed by atoms with E-state index in [2.05, 4.69) is 0 Å². The van der Waals surface area contributed by atoms with Crippen molar-refractivity contribution >= 4 is 0 Å². The van der Waals surface area contributed by atoms with E-state index in [9.17, 15) is 13.9 Å². The first-order chi connectivity index (χ1) is 8.25. The van der Waals surface area contributed by atoms with Crippen LogP contribution in [0.2, 0.25) is 0 Å². The average Bonchev–Trinajstić information content (AvgIpc) is 2.22. The SMILES string of the molecule is Cc1ccc(F)c(C2(O)CCCC(C)(C)C2)c1F. The molecule has 1 aromatic carbocycles. The van der Waals surface area contributed by atoms with Crippen molar-refractivity contribution in [3.05, 3.63) is 34.9 Å². The van der Waals surface area contributed by atoms with Gasteiger partial charge in [0.2, 0.25) is 0 Å². The van der Waals surface area contributed by atoms with Crippen LogP contribution >= 0.6 is 0 Å². The minimum atomic E-state index is -1.37. The molecule has 1 fully saturated rings. The molecule has 18 heavy (non-hydrogen) atoms. The lowest BCUT2D eigenvalue weighted by molar-refractivity contribution is -0.0491. The molecule has 0 aliphatic heterocycles. The first-order valence-corrected chi connectivity index (χ1v) is 6.43. The smallest absolute Gasteiger partial charge is 0.135 e. The quantitative estimate of drug-likeness (QED) is 0.801. The number of aryl methyl sites for hydroxylation is 1. The Morgan fingerprint density at radius 3 is 2.44 bits per heavy atom. The zero-order chi connectivity index (χ0) is 13.6. The second-order valence-electron chi connectivity index (χ2n) is 6.28. The molecule has 0 heterocycles. The van der Waals surface area contributed by atoms with Crippen molar-refractivity contribution in [1.82, 2.24) is 0 Å². The fourth-order valence-electron chi connectivity index (χ4n) is 3.12. The summed E-state index contributed by atoms with van der Waals surface area (Å²) in [4.78, 5) is 0. The van der Waals surface area contributed by atoms with Crippen molar-refractivity contribution in [1.29, 1.82) is 0 Å². The normalized spacial score (nSPS) is 27.2. The highest BCUT2D eigenvalue weighted by atomic mass is 19.1. The summed E-state index contributed by atoms with van der Waals surface area (Å²) in [5.74, 6) is -1.24. The summed E-state index contributed by atoms with van der Waals surface area (Å²) in [6.45, 7) is 5.65. The van der Waals surface area contributed by atoms with Gasteiger partial charge in [0.25, 0.3) is 0 Å². The van der Waals surface area contributed by atoms with Crippen LogP contribution in [0, 0.1) is 24.0 Å². The van der Waals surface area contributed by atoms with E-state index < -0.39 is 17.2 Å². The van der Waals surface area contributed by atoms with E-state index in [4.69, 9.17) is 0 Å². The molecule has 0 bridgehead atoms. The second kappa shape index (κ2) is 4.30. The highest BCUT2D eigenvalue weighted by Crippen LogP contribution is 2.47. The highest BCUT2D eigenvalue weighted by Gasteiger charge is 2.43. The van der Waals surface area contributed by atoms with Crippen molar-refractivity contribution in [2.24, 2.45) is 5.41 Å². The molecule has 1 aromatic rings. The molecule has 2 rings (SSSR count). The lowest BCUT2D eigenvalue weighted by Crippen LogP contribution is -2.38. The van der Waals surface area contributed by atoms with Gasteiger partial charge in [-0.05, 0) is 49.7 Å². The van der Waals surface area contributed by atoms with E-state index in [1.165, 1.54) is 12.1 Å². The van der Waals surface area contributed by atoms with Crippen LogP contribution in [0.25, 0.3) is 0 Å². The van der Waals surface area contributed by atoms with Crippen LogP contribution in [0.3, 0.4) is 0 Å². The standard InChI is InChI=1S/C15H20F2O/c1-10-5-6-11(16)12(13(10)17)15(18)8-4-7-14(2,3)9-15/h5-6,18H,4,7-9H2,1-3H3. The van der Waals surface area contributed by atoms with Crippen LogP contribution in [-0.4, -0.2) is 5.11 Å². The van der Waals surface area contributed by atoms with Crippen LogP contribution in [-0.2, 0) is 5.60 Å². The molecule has 3 heteroatoms. The van der Waals surface area contributed by atoms with Crippen LogP contribution in [0.1, 0.15) is 50.7 Å². The van der Waals surface area contributed by atoms with Gasteiger partial charge in [0.05, 0.1) is 11.2 Å². The molecule has 1 aliphatic rings. The van der Waals surface area contributed by atoms with Crippen molar-refractivity contribution in [3.63, 3.8) is 0 Å². The van der Waals surface area contributed by atoms with Crippen LogP contribution in [0.4, 0.5) is 8.78 Å². The average molecular weight is 254 g/mol. The molecule has 100 valence electrons. The number of hydrogen-bond acceptors (Lipinski definition) is 1. The summed E-state index contributed by atoms with van der Waals surface area (Å²) in [5.41, 5.74) is -1.23. The van der Waals surface area contributed by atoms with E-state index in [-0.39, 0.29) is 11.0 Å². The number of hydrogen-bond donors (Lipinski definition) is 1. The van der Waals surface area contributed by atoms with Gasteiger partial charge in [-0.2, -0.15) is 0 Å². The zero-order valence-electron chi connectivity index (χ0n) is 11.2. The summed E-state index contributed by atoms with van der Waals surface area (Å²) < 4.78 is 28.1. The Kier molecular flexibility index (Phi) is 3.22. The van der Waals surface area contributed by atoms with E-state index in [1.54, 1.807) is 6.92 Å². The van der Waals surface area contributed by atoms with Crippen LogP contribution in [0.5, 0.6) is 0 Å². The van der Waals surface area contributed by atoms with Crippen LogP contribution < -0.4 is 0 Å². The number of aliphatic hydroxyl groups is 1. The minimum Gasteiger partial charge on any atom is -0.385 e. The molecule has 0 aromatic heterocycles. The zero-order valence-corrected chi connectivity index (χ0v) is 11.2. The van der Waals surface area contributed by atoms with Gasteiger partial charge in [-0.3, -0.25) is 0 Å². The maximum Gasteiger partial charge on any atom is 0.135 e. The van der Waals surface area contributed by atoms with Gasteiger partial charge in [0.15, 0.2) is 0 Å². The monoisotopic (exact) mass is 254 g/mol. The van der Waals surface area contributed by atoms with Gasteiger partial charge < -0.3 is 5.11 Å². The Morgan fingerprint density at radius 1 is 1.17 bits per heavy atom. The molecular weight excluding hydrogens is 234 g/mol. The molecule has 1 nitrogen and oxygen atoms in total. The molecular formula is C15H20F2O. The summed E-state index contributed by atoms with van der Waals surface area (Å²) in [6, 6.07) is 2.65. The Balaban J connectivity index is 2.50. The number of benzene rings is 1. The first-order valence-electron chi connectivity index (χ1n) is 6.43. The van der Waals surface area contributed by atoms with Crippen LogP contribution in [0.15, 0.2) is 12.1 Å². The summed E-state index contributed by atoms with van der Waals surface area (Å²) >= 11 is 0. The van der Waals surface area contributed by atoms with Crippen molar-refractivity contribution in [2.75, 3.05) is 0 Å². The maximum absolute atomic E-state index is 14.1. The third-order valence-electron chi connectivity index (χ3n) is 3.96. The third kappa shape index (κ3) is 2.28. The predicted molar refractivity (Wildman–Crippen MR) is 67.2 cm³/mol. The van der Waals surface area contributed by atoms with Crippen molar-refractivity contribution in [3.8, 4) is 0 Å². The molecule has 1 aliphatic carbocycles. The van der Waals surface area contributed by atoms with E-state index >= 15 is 0 Å². The van der Waals surface area contributed by atoms with E-state index in [0.29, 0.717) is 18.4 Å². The highest BCUT2D eigenvalue weighted by molar-refractivity contribution is 5.32. The van der Waals surface area contributed by atoms with Crippen molar-refractivity contribution < 1.29 is 13.9 Å². The molecule has 1 unspecified atom stereocenters. The lowest BCUT2D eigenvalue weighted by atomic mass is 9.67. The van der Waals surface area contributed by atoms with E-state index in [0.717, 1.165) is 12.8 Å². The Morgan fingerprint density at radius 2 is 1.83 bits per heavy atom. The third-order valence-corrected chi connectivity index (χ3v) is 3.96. The Labute approximate surface area is 107 Å². The lowest BCUT2D eigenvalue weighted by Gasteiger charge is -2.42. The van der Waals surface area contributed by atoms with Gasteiger partial charge in [-0.1, -0.05) is 19.9 Å². The second-order valence-corrected chi connectivity index (χ2v) is 6.28. The van der Waals surface area contributed by atoms with Gasteiger partial charge in [-0.15, -0.1) is 0 Å². The fourth-order valence-corrected chi connectivity index (χ4v) is 3.12. The van der Waals surface area contributed by atoms with Gasteiger partial charge >= 0.3 is 0 Å². The molecule has 1 N–H and O–H groups in total. The summed E-state index contributed by atoms with van der Waals surface area (Å²) in [5, 5.41) is 10.7. The summed E-state index contributed by atoms with van der Waals surface area (Å²) in [6.07, 6.45) is 2.59. The fraction of sp³-hybridized carbons (Fsp3) is 0.600. The summed E-state index contributed by atoms with van der Waals surface area (Å²) in [7, 11) is 0. The van der Waals surface area contributed by atoms with Gasteiger partial charge in [0, 0.05) is 0 Å². The number of halogens is 2. The number of rotatable bonds is 1. The predicted octanol–water partition coefficient (Wildman–Crippen LogP) is 4.06. The van der Waals surface area contributed by atoms with Gasteiger partial charge in [0.1, 0.15) is 11.6 Å². The largest absolute Gasteiger partial charge is 0.385 e. The van der Waals surface area contributed by atoms with E-state index in [1.807, 2.05) is 13.8 Å². The van der Waals surface area contributed by atoms with Crippen molar-refractivity contribution in [2.45, 2.75) is 52.1 Å². The topological polar surface area (TPSA) is 20.2 Å². The first kappa shape index (κ1) is 13.5. The minimum absolute atomic E-state index is 0.0877. The molecule has 0 amide bonds. The molecule has 0 spiro atoms. The maximum atomic E-state index is 14.1. The molecule has 1 atom stereocenters. The Bertz CT molecular complexity index is 468.